The number of aromatic nitrogens is 1. The molecule has 5 heteroatoms. The van der Waals surface area contributed by atoms with Crippen molar-refractivity contribution < 1.29 is 14.4 Å². The van der Waals surface area contributed by atoms with Crippen molar-refractivity contribution in [3.05, 3.63) is 41.3 Å². The van der Waals surface area contributed by atoms with Gasteiger partial charge in [0.1, 0.15) is 11.5 Å². The number of hydrogen-bond donors (Lipinski definition) is 2. The number of nitrogens with zero attached hydrogens (tertiary/aromatic N) is 1. The van der Waals surface area contributed by atoms with Crippen LogP contribution < -0.4 is 5.32 Å². The van der Waals surface area contributed by atoms with Gasteiger partial charge in [-0.25, -0.2) is 0 Å². The second kappa shape index (κ2) is 4.29. The topological polar surface area (TPSA) is 75.4 Å². The minimum absolute atomic E-state index is 0.138. The van der Waals surface area contributed by atoms with Crippen LogP contribution in [0, 0.1) is 13.8 Å². The lowest BCUT2D eigenvalue weighted by molar-refractivity contribution is 0.101. The molecule has 2 rings (SSSR count). The molecule has 0 unspecified atom stereocenters. The molecular weight excluding hydrogens is 220 g/mol. The van der Waals surface area contributed by atoms with E-state index in [1.807, 2.05) is 0 Å². The van der Waals surface area contributed by atoms with Crippen LogP contribution in [-0.4, -0.2) is 16.2 Å². The van der Waals surface area contributed by atoms with Gasteiger partial charge in [0.15, 0.2) is 5.69 Å². The van der Waals surface area contributed by atoms with Crippen molar-refractivity contribution in [1.82, 2.24) is 5.16 Å². The summed E-state index contributed by atoms with van der Waals surface area (Å²) >= 11 is 0. The number of phenolic OH excluding ortho intramolecular Hbond substituents is 1. The zero-order valence-corrected chi connectivity index (χ0v) is 9.52. The van der Waals surface area contributed by atoms with Crippen LogP contribution in [0.25, 0.3) is 0 Å². The van der Waals surface area contributed by atoms with Gasteiger partial charge in [-0.05, 0) is 26.0 Å². The Balaban J connectivity index is 2.21. The average molecular weight is 232 g/mol. The highest BCUT2D eigenvalue weighted by atomic mass is 16.5. The minimum atomic E-state index is -0.365. The highest BCUT2D eigenvalue weighted by molar-refractivity contribution is 6.03. The molecule has 2 aromatic rings. The first-order valence-electron chi connectivity index (χ1n) is 5.11. The Bertz CT molecular complexity index is 561. The van der Waals surface area contributed by atoms with Crippen molar-refractivity contribution >= 4 is 11.6 Å². The molecule has 1 aromatic carbocycles. The molecule has 1 aromatic heterocycles. The number of hydrogen-bond acceptors (Lipinski definition) is 4. The number of carbonyl (C=O) groups excluding carboxylic acids is 1. The van der Waals surface area contributed by atoms with Crippen LogP contribution in [0.4, 0.5) is 5.69 Å². The molecule has 17 heavy (non-hydrogen) atoms. The molecular formula is C12H12N2O3. The number of nitrogens with one attached hydrogen (secondary N) is 1. The van der Waals surface area contributed by atoms with Gasteiger partial charge in [-0.1, -0.05) is 11.2 Å². The van der Waals surface area contributed by atoms with E-state index in [2.05, 4.69) is 10.5 Å². The fourth-order valence-electron chi connectivity index (χ4n) is 1.42. The van der Waals surface area contributed by atoms with Gasteiger partial charge in [0, 0.05) is 17.3 Å². The lowest BCUT2D eigenvalue weighted by Gasteiger charge is -2.07. The van der Waals surface area contributed by atoms with Gasteiger partial charge in [-0.2, -0.15) is 0 Å². The van der Waals surface area contributed by atoms with Crippen LogP contribution >= 0.6 is 0 Å². The van der Waals surface area contributed by atoms with Crippen molar-refractivity contribution in [2.45, 2.75) is 13.8 Å². The maximum atomic E-state index is 11.8. The normalized spacial score (nSPS) is 10.2. The number of aromatic hydroxyl groups is 1. The summed E-state index contributed by atoms with van der Waals surface area (Å²) in [5, 5.41) is 15.8. The van der Waals surface area contributed by atoms with E-state index in [1.165, 1.54) is 0 Å². The maximum Gasteiger partial charge on any atom is 0.277 e. The molecule has 0 spiro atoms. The molecule has 88 valence electrons. The van der Waals surface area contributed by atoms with E-state index in [0.717, 1.165) is 0 Å². The Labute approximate surface area is 98.1 Å². The maximum absolute atomic E-state index is 11.8. The highest BCUT2D eigenvalue weighted by Crippen LogP contribution is 2.24. The zero-order valence-electron chi connectivity index (χ0n) is 9.52. The molecule has 1 amide bonds. The zero-order chi connectivity index (χ0) is 12.4. The van der Waals surface area contributed by atoms with Crippen LogP contribution in [0.1, 0.15) is 21.8 Å². The number of phenols is 1. The fraction of sp³-hybridized carbons (Fsp3) is 0.167. The number of aryl methyl sites for hydroxylation is 1. The first-order chi connectivity index (χ1) is 8.08. The van der Waals surface area contributed by atoms with E-state index >= 15 is 0 Å². The number of rotatable bonds is 2. The summed E-state index contributed by atoms with van der Waals surface area (Å²) in [7, 11) is 0. The van der Waals surface area contributed by atoms with E-state index < -0.39 is 0 Å². The molecule has 1 heterocycles. The predicted octanol–water partition coefficient (Wildman–Crippen LogP) is 2.25. The van der Waals surface area contributed by atoms with Crippen LogP contribution in [0.5, 0.6) is 5.75 Å². The molecule has 0 fully saturated rings. The average Bonchev–Trinajstić information content (AvgIpc) is 2.72. The van der Waals surface area contributed by atoms with Gasteiger partial charge < -0.3 is 14.9 Å². The standard InChI is InChI=1S/C12H12N2O3/c1-7-6-10(14-17-7)12(16)13-9-4-3-5-11(15)8(9)2/h3-6,15H,1-2H3,(H,13,16). The van der Waals surface area contributed by atoms with Gasteiger partial charge in [-0.15, -0.1) is 0 Å². The Hall–Kier alpha value is -2.30. The fourth-order valence-corrected chi connectivity index (χ4v) is 1.42. The van der Waals surface area contributed by atoms with Crippen LogP contribution in [-0.2, 0) is 0 Å². The second-order valence-corrected chi connectivity index (χ2v) is 3.73. The SMILES string of the molecule is Cc1cc(C(=O)Nc2cccc(O)c2C)no1. The van der Waals surface area contributed by atoms with E-state index in [1.54, 1.807) is 38.1 Å². The van der Waals surface area contributed by atoms with Crippen molar-refractivity contribution in [1.29, 1.82) is 0 Å². The monoisotopic (exact) mass is 232 g/mol. The molecule has 0 aliphatic rings. The molecule has 0 bridgehead atoms. The van der Waals surface area contributed by atoms with E-state index in [4.69, 9.17) is 4.52 Å². The number of anilines is 1. The third-order valence-electron chi connectivity index (χ3n) is 2.41. The predicted molar refractivity (Wildman–Crippen MR) is 62.0 cm³/mol. The Kier molecular flexibility index (Phi) is 2.82. The van der Waals surface area contributed by atoms with Gasteiger partial charge in [0.05, 0.1) is 0 Å². The molecule has 5 nitrogen and oxygen atoms in total. The smallest absolute Gasteiger partial charge is 0.277 e. The minimum Gasteiger partial charge on any atom is -0.508 e. The third kappa shape index (κ3) is 2.28. The number of carbonyl (C=O) groups is 1. The van der Waals surface area contributed by atoms with E-state index in [0.29, 0.717) is 17.0 Å². The Morgan fingerprint density at radius 2 is 2.18 bits per heavy atom. The molecule has 0 saturated heterocycles. The van der Waals surface area contributed by atoms with Crippen LogP contribution in [0.3, 0.4) is 0 Å². The van der Waals surface area contributed by atoms with Crippen molar-refractivity contribution in [2.75, 3.05) is 5.32 Å². The summed E-state index contributed by atoms with van der Waals surface area (Å²) < 4.78 is 4.82. The Morgan fingerprint density at radius 3 is 2.82 bits per heavy atom. The van der Waals surface area contributed by atoms with E-state index in [9.17, 15) is 9.90 Å². The number of benzene rings is 1. The largest absolute Gasteiger partial charge is 0.508 e. The van der Waals surface area contributed by atoms with Gasteiger partial charge in [0.2, 0.25) is 0 Å². The highest BCUT2D eigenvalue weighted by Gasteiger charge is 2.12. The second-order valence-electron chi connectivity index (χ2n) is 3.73. The van der Waals surface area contributed by atoms with Crippen molar-refractivity contribution in [3.63, 3.8) is 0 Å². The van der Waals surface area contributed by atoms with Gasteiger partial charge in [0.25, 0.3) is 5.91 Å². The first-order valence-corrected chi connectivity index (χ1v) is 5.11. The lowest BCUT2D eigenvalue weighted by atomic mass is 10.2. The molecule has 0 radical (unpaired) electrons. The molecule has 0 aliphatic heterocycles. The summed E-state index contributed by atoms with van der Waals surface area (Å²) in [6.45, 7) is 3.43. The van der Waals surface area contributed by atoms with Gasteiger partial charge in [-0.3, -0.25) is 4.79 Å². The quantitative estimate of drug-likeness (QED) is 0.832. The summed E-state index contributed by atoms with van der Waals surface area (Å²) in [6, 6.07) is 6.48. The van der Waals surface area contributed by atoms with Crippen molar-refractivity contribution in [2.24, 2.45) is 0 Å². The summed E-state index contributed by atoms with van der Waals surface area (Å²) in [5.41, 5.74) is 1.38. The summed E-state index contributed by atoms with van der Waals surface area (Å²) in [6.07, 6.45) is 0. The number of amides is 1. The molecule has 0 saturated carbocycles. The Morgan fingerprint density at radius 1 is 1.41 bits per heavy atom. The van der Waals surface area contributed by atoms with E-state index in [-0.39, 0.29) is 17.4 Å². The molecule has 0 aliphatic carbocycles. The third-order valence-corrected chi connectivity index (χ3v) is 2.41. The molecule has 2 N–H and O–H groups in total. The van der Waals surface area contributed by atoms with Crippen LogP contribution in [0.15, 0.2) is 28.8 Å². The van der Waals surface area contributed by atoms with Crippen LogP contribution in [0.2, 0.25) is 0 Å². The first kappa shape index (κ1) is 11.2. The summed E-state index contributed by atoms with van der Waals surface area (Å²) in [5.74, 6) is 0.345. The lowest BCUT2D eigenvalue weighted by Crippen LogP contribution is -2.13. The molecule has 0 atom stereocenters. The van der Waals surface area contributed by atoms with Crippen molar-refractivity contribution in [3.8, 4) is 5.75 Å². The van der Waals surface area contributed by atoms with Gasteiger partial charge >= 0.3 is 0 Å². The summed E-state index contributed by atoms with van der Waals surface area (Å²) in [4.78, 5) is 11.8.